The average molecular weight is 1610 g/mol. The van der Waals surface area contributed by atoms with Crippen LogP contribution >= 0.6 is 75.5 Å². The molecule has 5 aliphatic rings. The lowest BCUT2D eigenvalue weighted by Crippen LogP contribution is -2.36. The van der Waals surface area contributed by atoms with Crippen molar-refractivity contribution in [3.63, 3.8) is 0 Å². The molecule has 560 valence electrons. The van der Waals surface area contributed by atoms with E-state index in [0.29, 0.717) is 11.6 Å². The summed E-state index contributed by atoms with van der Waals surface area (Å²) in [6, 6.07) is 5.80. The molecular weight excluding hydrogens is 1540 g/mol. The molecule has 59 heteroatoms. The Balaban J connectivity index is 0.000000212. The Kier molecular flexibility index (Phi) is 28.9. The highest BCUT2D eigenvalue weighted by atomic mass is 35.9. The second-order valence-corrected chi connectivity index (χ2v) is 33.6. The molecule has 99 heavy (non-hydrogen) atoms. The third-order valence-corrected chi connectivity index (χ3v) is 23.4. The number of ether oxygens (including phenoxy) is 4. The van der Waals surface area contributed by atoms with E-state index in [-0.39, 0.29) is 11.6 Å². The highest BCUT2D eigenvalue weighted by Gasteiger charge is 2.56. The number of nitrogens with one attached hydrogen (secondary N) is 4. The zero-order valence-electron chi connectivity index (χ0n) is 50.2. The predicted octanol–water partition coefficient (Wildman–Crippen LogP) is -4.06. The van der Waals surface area contributed by atoms with Crippen LogP contribution in [0.3, 0.4) is 0 Å². The van der Waals surface area contributed by atoms with Gasteiger partial charge in [0, 0.05) is 53.0 Å². The van der Waals surface area contributed by atoms with E-state index in [1.165, 1.54) is 63.1 Å². The van der Waals surface area contributed by atoms with E-state index >= 15 is 0 Å². The van der Waals surface area contributed by atoms with Crippen molar-refractivity contribution in [2.45, 2.75) is 98.2 Å². The standard InChI is InChI=1S/C10H14Cl2N3O6P.C10H18N3O14P3.C10H16N3O13P3.C10H15N3O5/c1-13-6-2-3-15(10(18)14-6)9-8(17)7(16)5(21-9)4-20-22(11,12)19;1-11-6-2-3-13(10(16)12-6)9-8(15)7(14)5(25-9)4-24-29(20,21)27-30(22,23)26-28(17,18)19;1-11-6-2-3-13(10(16)12-6)9-8(15)7(14)5(23-9)4-22-29(21)25-27(17,18)24-28(19,20)26-29;1-11-6-2-3-13(10(17)12-6)9-8(16)7(15)5(4-14)18-9/h2-3,5,7-9,16-17H,4H2,1H3,(H,13,14,18);2-3,5,7-9,14-15H,4H2,1H3,(H,20,21)(H,22,23)(H,11,12,16)(H2,17,18,19);2-3,5,7-9,14-15H,4H2,1H3,(H,17,18)(H,19,20)(H,11,12,16);2-3,5,7-9,14-16H,4H2,1H3,(H,11,12,17)/t4*5-,7+,8?,9-/m1111/s1. The fourth-order valence-electron chi connectivity index (χ4n) is 8.65. The van der Waals surface area contributed by atoms with Crippen molar-refractivity contribution in [3.8, 4) is 0 Å². The number of nitrogens with zero attached hydrogens (tertiary/aromatic N) is 8. The summed E-state index contributed by atoms with van der Waals surface area (Å²) in [5.41, 5.74) is -2.96. The molecule has 0 aromatic carbocycles. The number of hydrogen-bond donors (Lipinski definition) is 19. The zero-order valence-corrected chi connectivity index (χ0v) is 58.0. The number of phosphoric ester groups is 1. The SMILES string of the molecule is CNc1ccn([C@@H]2O[C@H](CO)[C@H](O)C2O)c(=O)n1.CNc1ccn([C@@H]2O[C@H](COP(=O)(Cl)Cl)[C@H](O)C2O)c(=O)n1.CNc1ccn([C@@H]2O[C@H](COP(=O)(O)OP(=O)(O)OP(=O)(O)O)[C@H](O)C2O)c(=O)n1.CNc1ccn([C@@H]2O[C@H](COP3(=O)OP(=O)(O)OP(=O)(O)O3)[C@H](O)C2O)c(=O)n1. The van der Waals surface area contributed by atoms with Crippen LogP contribution < -0.4 is 44.0 Å². The topological polar surface area (TPSA) is 721 Å². The number of aliphatic hydroxyl groups is 9. The van der Waals surface area contributed by atoms with Crippen LogP contribution in [0.5, 0.6) is 0 Å². The molecule has 0 amide bonds. The van der Waals surface area contributed by atoms with Gasteiger partial charge in [-0.15, -0.1) is 0 Å². The summed E-state index contributed by atoms with van der Waals surface area (Å²) in [5, 5.41) is 99.2. The van der Waals surface area contributed by atoms with Gasteiger partial charge in [0.2, 0.25) is 0 Å². The molecule has 0 aliphatic carbocycles. The molecule has 5 fully saturated rings. The number of hydrogen-bond acceptors (Lipinski definition) is 40. The molecule has 9 rings (SSSR count). The van der Waals surface area contributed by atoms with Crippen LogP contribution in [-0.2, 0) is 86.0 Å². The summed E-state index contributed by atoms with van der Waals surface area (Å²) >= 11 is 10.5. The van der Waals surface area contributed by atoms with Crippen LogP contribution in [0.1, 0.15) is 24.9 Å². The van der Waals surface area contributed by atoms with Crippen molar-refractivity contribution in [1.29, 1.82) is 0 Å². The minimum atomic E-state index is -5.71. The van der Waals surface area contributed by atoms with Crippen LogP contribution in [0.25, 0.3) is 0 Å². The monoisotopic (exact) mass is 1610 g/mol. The molecule has 9 heterocycles. The van der Waals surface area contributed by atoms with Gasteiger partial charge in [0.25, 0.3) is 0 Å². The number of aromatic nitrogens is 8. The molecule has 4 aromatic heterocycles. The van der Waals surface area contributed by atoms with Crippen LogP contribution in [-0.4, -0.2) is 241 Å². The molecule has 8 unspecified atom stereocenters. The van der Waals surface area contributed by atoms with Gasteiger partial charge in [-0.2, -0.15) is 41.5 Å². The fourth-order valence-corrected chi connectivity index (χ4v) is 17.3. The third-order valence-electron chi connectivity index (χ3n) is 13.2. The van der Waals surface area contributed by atoms with E-state index in [1.807, 2.05) is 0 Å². The molecule has 50 nitrogen and oxygen atoms in total. The molecule has 0 radical (unpaired) electrons. The minimum absolute atomic E-state index is 0.216. The Morgan fingerprint density at radius 1 is 0.465 bits per heavy atom. The first-order chi connectivity index (χ1) is 45.8. The Hall–Kier alpha value is -4.17. The maximum Gasteiger partial charge on any atom is 0.492 e. The molecule has 4 aromatic rings. The highest BCUT2D eigenvalue weighted by molar-refractivity contribution is 8.05. The first kappa shape index (κ1) is 83.8. The normalized spacial score (nSPS) is 33.3. The number of anilines is 4. The predicted molar refractivity (Wildman–Crippen MR) is 325 cm³/mol. The van der Waals surface area contributed by atoms with E-state index in [2.05, 4.69) is 76.3 Å². The Labute approximate surface area is 561 Å². The number of rotatable bonds is 22. The van der Waals surface area contributed by atoms with Gasteiger partial charge in [0.15, 0.2) is 24.9 Å². The van der Waals surface area contributed by atoms with E-state index in [0.717, 1.165) is 18.3 Å². The summed E-state index contributed by atoms with van der Waals surface area (Å²) in [4.78, 5) is 116. The first-order valence-corrected chi connectivity index (χ1v) is 39.4. The maximum atomic E-state index is 12.2. The van der Waals surface area contributed by atoms with Crippen molar-refractivity contribution < 1.29 is 161 Å². The van der Waals surface area contributed by atoms with Gasteiger partial charge in [0.05, 0.1) is 26.4 Å². The van der Waals surface area contributed by atoms with Gasteiger partial charge < -0.3 is 120 Å². The van der Waals surface area contributed by atoms with Crippen molar-refractivity contribution >= 4 is 98.8 Å². The van der Waals surface area contributed by atoms with Crippen molar-refractivity contribution in [2.75, 3.05) is 75.9 Å². The summed E-state index contributed by atoms with van der Waals surface area (Å²) in [5.74, 6) is 1.20. The molecule has 5 saturated heterocycles. The van der Waals surface area contributed by atoms with Crippen LogP contribution in [0.2, 0.25) is 0 Å². The van der Waals surface area contributed by atoms with Crippen LogP contribution in [0.4, 0.5) is 23.3 Å². The van der Waals surface area contributed by atoms with Crippen molar-refractivity contribution in [3.05, 3.63) is 91.0 Å². The molecule has 20 atom stereocenters. The molecular formula is C40H63Cl2N12O38P7. The number of halogens is 2. The molecule has 0 bridgehead atoms. The van der Waals surface area contributed by atoms with E-state index in [9.17, 15) is 107 Å². The van der Waals surface area contributed by atoms with E-state index in [4.69, 9.17) is 61.2 Å². The van der Waals surface area contributed by atoms with Gasteiger partial charge in [-0.05, 0) is 46.7 Å². The largest absolute Gasteiger partial charge is 0.492 e. The summed E-state index contributed by atoms with van der Waals surface area (Å²) < 4.78 is 137. The Morgan fingerprint density at radius 2 is 0.758 bits per heavy atom. The second-order valence-electron chi connectivity index (χ2n) is 19.9. The van der Waals surface area contributed by atoms with Crippen molar-refractivity contribution in [1.82, 2.24) is 38.2 Å². The highest BCUT2D eigenvalue weighted by Crippen LogP contribution is 2.80. The van der Waals surface area contributed by atoms with E-state index in [1.54, 1.807) is 14.1 Å². The zero-order chi connectivity index (χ0) is 74.3. The average Bonchev–Trinajstić information content (AvgIpc) is 1.80. The van der Waals surface area contributed by atoms with Crippen LogP contribution in [0.15, 0.2) is 68.2 Å². The molecule has 19 N–H and O–H groups in total. The number of aliphatic hydroxyl groups excluding tert-OH is 9. The van der Waals surface area contributed by atoms with Crippen LogP contribution in [0, 0.1) is 0 Å². The third kappa shape index (κ3) is 22.9. The quantitative estimate of drug-likeness (QED) is 0.0333. The molecule has 5 aliphatic heterocycles. The van der Waals surface area contributed by atoms with Gasteiger partial charge in [-0.3, -0.25) is 31.9 Å². The fraction of sp³-hybridized carbons (Fsp3) is 0.600. The van der Waals surface area contributed by atoms with Gasteiger partial charge in [-0.1, -0.05) is 0 Å². The smallest absolute Gasteiger partial charge is 0.394 e. The van der Waals surface area contributed by atoms with Crippen molar-refractivity contribution in [2.24, 2.45) is 0 Å². The maximum absolute atomic E-state index is 12.2. The lowest BCUT2D eigenvalue weighted by Gasteiger charge is -2.27. The second kappa shape index (κ2) is 34.2. The Morgan fingerprint density at radius 3 is 1.03 bits per heavy atom. The lowest BCUT2D eigenvalue weighted by molar-refractivity contribution is -0.0549. The minimum Gasteiger partial charge on any atom is -0.394 e. The summed E-state index contributed by atoms with van der Waals surface area (Å²) in [6.07, 6.45) is -20.7. The lowest BCUT2D eigenvalue weighted by atomic mass is 10.1. The van der Waals surface area contributed by atoms with E-state index < -0.39 is 200 Å². The molecule has 0 saturated carbocycles. The van der Waals surface area contributed by atoms with Gasteiger partial charge in [0.1, 0.15) is 96.5 Å². The molecule has 0 spiro atoms. The van der Waals surface area contributed by atoms with Gasteiger partial charge in [-0.25, -0.2) is 46.6 Å². The summed E-state index contributed by atoms with van der Waals surface area (Å²) in [6.45, 7) is -2.74. The first-order valence-electron chi connectivity index (χ1n) is 27.0. The number of phosphoric acid groups is 6. The summed E-state index contributed by atoms with van der Waals surface area (Å²) in [7, 11) is -26.0. The van der Waals surface area contributed by atoms with Gasteiger partial charge >= 0.3 is 75.8 Å². The Bertz CT molecular complexity index is 4030.